The summed E-state index contributed by atoms with van der Waals surface area (Å²) in [5, 5.41) is 10.3. The molecule has 166 valence electrons. The lowest BCUT2D eigenvalue weighted by Crippen LogP contribution is -2.32. The zero-order valence-corrected chi connectivity index (χ0v) is 17.9. The molecule has 0 aliphatic carbocycles. The normalized spacial score (nSPS) is 14.5. The molecule has 2 amide bonds. The number of hydrogen-bond acceptors (Lipinski definition) is 8. The van der Waals surface area contributed by atoms with Gasteiger partial charge in [-0.1, -0.05) is 30.3 Å². The first-order valence-corrected chi connectivity index (χ1v) is 10.6. The highest BCUT2D eigenvalue weighted by molar-refractivity contribution is 8.18. The lowest BCUT2D eigenvalue weighted by Gasteiger charge is -2.13. The molecular weight excluding hydrogens is 446 g/mol. The fraction of sp³-hybridized carbons (Fsp3) is 0.0870. The summed E-state index contributed by atoms with van der Waals surface area (Å²) < 4.78 is 11.1. The van der Waals surface area contributed by atoms with E-state index < -0.39 is 4.92 Å². The fourth-order valence-corrected chi connectivity index (χ4v) is 3.77. The first-order valence-electron chi connectivity index (χ1n) is 9.81. The van der Waals surface area contributed by atoms with E-state index in [1.807, 2.05) is 18.2 Å². The lowest BCUT2D eigenvalue weighted by molar-refractivity contribution is -0.385. The van der Waals surface area contributed by atoms with Crippen molar-refractivity contribution < 1.29 is 24.0 Å². The maximum Gasteiger partial charge on any atom is 0.293 e. The number of benzene rings is 2. The fourth-order valence-electron chi connectivity index (χ4n) is 2.91. The number of amides is 2. The van der Waals surface area contributed by atoms with E-state index >= 15 is 0 Å². The third kappa shape index (κ3) is 5.55. The van der Waals surface area contributed by atoms with Crippen LogP contribution in [0.3, 0.4) is 0 Å². The number of thioether (sulfide) groups is 1. The van der Waals surface area contributed by atoms with Crippen LogP contribution in [0.5, 0.6) is 17.4 Å². The van der Waals surface area contributed by atoms with E-state index in [-0.39, 0.29) is 35.9 Å². The molecule has 2 aromatic carbocycles. The zero-order chi connectivity index (χ0) is 23.2. The average molecular weight is 463 g/mol. The average Bonchev–Trinajstić information content (AvgIpc) is 3.09. The molecule has 1 aliphatic rings. The molecule has 33 heavy (non-hydrogen) atoms. The minimum Gasteiger partial charge on any atom is -0.492 e. The van der Waals surface area contributed by atoms with E-state index in [4.69, 9.17) is 9.47 Å². The van der Waals surface area contributed by atoms with Gasteiger partial charge in [0.1, 0.15) is 24.3 Å². The Morgan fingerprint density at radius 1 is 1.00 bits per heavy atom. The minimum absolute atomic E-state index is 0.127. The van der Waals surface area contributed by atoms with Gasteiger partial charge in [-0.25, -0.2) is 4.98 Å². The Balaban J connectivity index is 1.35. The van der Waals surface area contributed by atoms with Gasteiger partial charge in [0.15, 0.2) is 0 Å². The monoisotopic (exact) mass is 463 g/mol. The molecule has 10 heteroatoms. The van der Waals surface area contributed by atoms with Gasteiger partial charge in [-0.05, 0) is 47.7 Å². The Hall–Kier alpha value is -4.18. The second-order valence-corrected chi connectivity index (χ2v) is 7.77. The SMILES string of the molecule is O=C1S/C(=C\c2ccc(Oc3ccc([N+](=O)[O-])cn3)cc2)C(=O)N1CCOc1ccccc1. The molecule has 4 rings (SSSR count). The van der Waals surface area contributed by atoms with E-state index in [1.165, 1.54) is 12.1 Å². The van der Waals surface area contributed by atoms with Gasteiger partial charge in [-0.2, -0.15) is 0 Å². The van der Waals surface area contributed by atoms with E-state index in [1.54, 1.807) is 42.5 Å². The molecule has 0 unspecified atom stereocenters. The Bertz CT molecular complexity index is 1200. The number of imide groups is 1. The van der Waals surface area contributed by atoms with Crippen molar-refractivity contribution in [1.29, 1.82) is 0 Å². The molecule has 1 aliphatic heterocycles. The van der Waals surface area contributed by atoms with Gasteiger partial charge >= 0.3 is 0 Å². The molecule has 0 radical (unpaired) electrons. The summed E-state index contributed by atoms with van der Waals surface area (Å²) in [5.41, 5.74) is 0.586. The van der Waals surface area contributed by atoms with Crippen LogP contribution in [-0.4, -0.2) is 39.1 Å². The van der Waals surface area contributed by atoms with Crippen molar-refractivity contribution >= 4 is 34.7 Å². The Morgan fingerprint density at radius 3 is 2.42 bits per heavy atom. The summed E-state index contributed by atoms with van der Waals surface area (Å²) in [4.78, 5) is 40.4. The van der Waals surface area contributed by atoms with Gasteiger partial charge in [0.25, 0.3) is 16.8 Å². The van der Waals surface area contributed by atoms with Gasteiger partial charge in [-0.3, -0.25) is 24.6 Å². The zero-order valence-electron chi connectivity index (χ0n) is 17.1. The quantitative estimate of drug-likeness (QED) is 0.263. The number of nitro groups is 1. The predicted molar refractivity (Wildman–Crippen MR) is 122 cm³/mol. The van der Waals surface area contributed by atoms with Crippen molar-refractivity contribution in [3.05, 3.63) is 93.5 Å². The number of carbonyl (C=O) groups excluding carboxylic acids is 2. The van der Waals surface area contributed by atoms with E-state index in [0.29, 0.717) is 22.0 Å². The first-order chi connectivity index (χ1) is 16.0. The first kappa shape index (κ1) is 22.0. The molecular formula is C23H17N3O6S. The van der Waals surface area contributed by atoms with Crippen LogP contribution in [0, 0.1) is 10.1 Å². The van der Waals surface area contributed by atoms with Crippen molar-refractivity contribution in [2.24, 2.45) is 0 Å². The second kappa shape index (κ2) is 9.96. The smallest absolute Gasteiger partial charge is 0.293 e. The van der Waals surface area contributed by atoms with Gasteiger partial charge < -0.3 is 9.47 Å². The van der Waals surface area contributed by atoms with Crippen molar-refractivity contribution in [1.82, 2.24) is 9.88 Å². The van der Waals surface area contributed by atoms with Crippen LogP contribution >= 0.6 is 11.8 Å². The van der Waals surface area contributed by atoms with Crippen molar-refractivity contribution in [2.45, 2.75) is 0 Å². The molecule has 0 atom stereocenters. The van der Waals surface area contributed by atoms with Crippen molar-refractivity contribution in [2.75, 3.05) is 13.2 Å². The lowest BCUT2D eigenvalue weighted by atomic mass is 10.2. The molecule has 3 aromatic rings. The Morgan fingerprint density at radius 2 is 1.76 bits per heavy atom. The predicted octanol–water partition coefficient (Wildman–Crippen LogP) is 4.90. The number of rotatable bonds is 8. The van der Waals surface area contributed by atoms with Gasteiger partial charge in [0.2, 0.25) is 5.88 Å². The summed E-state index contributed by atoms with van der Waals surface area (Å²) in [5.74, 6) is 0.996. The number of hydrogen-bond donors (Lipinski definition) is 0. The van der Waals surface area contributed by atoms with Crippen LogP contribution in [0.4, 0.5) is 10.5 Å². The number of ether oxygens (including phenoxy) is 2. The van der Waals surface area contributed by atoms with Crippen molar-refractivity contribution in [3.63, 3.8) is 0 Å². The number of nitrogens with zero attached hydrogens (tertiary/aromatic N) is 3. The molecule has 0 spiro atoms. The molecule has 0 bridgehead atoms. The van der Waals surface area contributed by atoms with E-state index in [0.717, 1.165) is 22.9 Å². The summed E-state index contributed by atoms with van der Waals surface area (Å²) in [7, 11) is 0. The van der Waals surface area contributed by atoms with Crippen molar-refractivity contribution in [3.8, 4) is 17.4 Å². The standard InChI is InChI=1S/C23H17N3O6S/c27-22-20(33-23(28)25(22)12-13-31-18-4-2-1-3-5-18)14-16-6-9-19(10-7-16)32-21-11-8-17(15-24-21)26(29)30/h1-11,14-15H,12-13H2/b20-14-. The van der Waals surface area contributed by atoms with Gasteiger partial charge in [0.05, 0.1) is 16.4 Å². The summed E-state index contributed by atoms with van der Waals surface area (Å²) >= 11 is 0.880. The largest absolute Gasteiger partial charge is 0.492 e. The van der Waals surface area contributed by atoms with E-state index in [2.05, 4.69) is 4.98 Å². The topological polar surface area (TPSA) is 112 Å². The number of pyridine rings is 1. The number of aromatic nitrogens is 1. The molecule has 2 heterocycles. The third-order valence-corrected chi connectivity index (χ3v) is 5.44. The molecule has 1 aromatic heterocycles. The Labute approximate surface area is 192 Å². The number of para-hydroxylation sites is 1. The van der Waals surface area contributed by atoms with Crippen LogP contribution < -0.4 is 9.47 Å². The maximum atomic E-state index is 12.6. The van der Waals surface area contributed by atoms with Crippen LogP contribution in [0.15, 0.2) is 77.8 Å². The summed E-state index contributed by atoms with van der Waals surface area (Å²) in [6.45, 7) is 0.365. The number of carbonyl (C=O) groups is 2. The molecule has 0 saturated carbocycles. The van der Waals surface area contributed by atoms with E-state index in [9.17, 15) is 19.7 Å². The molecule has 9 nitrogen and oxygen atoms in total. The minimum atomic E-state index is -0.538. The van der Waals surface area contributed by atoms with Gasteiger partial charge in [0, 0.05) is 12.1 Å². The molecule has 1 saturated heterocycles. The van der Waals surface area contributed by atoms with Gasteiger partial charge in [-0.15, -0.1) is 0 Å². The second-order valence-electron chi connectivity index (χ2n) is 6.78. The summed E-state index contributed by atoms with van der Waals surface area (Å²) in [6, 6.07) is 18.7. The highest BCUT2D eigenvalue weighted by atomic mass is 32.2. The maximum absolute atomic E-state index is 12.6. The third-order valence-electron chi connectivity index (χ3n) is 4.53. The Kier molecular flexibility index (Phi) is 6.65. The highest BCUT2D eigenvalue weighted by Gasteiger charge is 2.34. The van der Waals surface area contributed by atoms with Crippen LogP contribution in [0.1, 0.15) is 5.56 Å². The van der Waals surface area contributed by atoms with Crippen LogP contribution in [-0.2, 0) is 4.79 Å². The summed E-state index contributed by atoms with van der Waals surface area (Å²) in [6.07, 6.45) is 2.75. The molecule has 0 N–H and O–H groups in total. The molecule has 1 fully saturated rings. The highest BCUT2D eigenvalue weighted by Crippen LogP contribution is 2.32. The van der Waals surface area contributed by atoms with Crippen LogP contribution in [0.2, 0.25) is 0 Å². The van der Waals surface area contributed by atoms with Crippen LogP contribution in [0.25, 0.3) is 6.08 Å².